The first-order valence-corrected chi connectivity index (χ1v) is 7.41. The van der Waals surface area contributed by atoms with Gasteiger partial charge in [-0.25, -0.2) is 4.79 Å². The van der Waals surface area contributed by atoms with Gasteiger partial charge in [0.2, 0.25) is 0 Å². The summed E-state index contributed by atoms with van der Waals surface area (Å²) in [4.78, 5) is 13.1. The Labute approximate surface area is 125 Å². The van der Waals surface area contributed by atoms with Crippen molar-refractivity contribution in [1.82, 2.24) is 4.90 Å². The van der Waals surface area contributed by atoms with Gasteiger partial charge in [-0.15, -0.1) is 0 Å². The van der Waals surface area contributed by atoms with Crippen molar-refractivity contribution in [3.63, 3.8) is 0 Å². The molecule has 5 nitrogen and oxygen atoms in total. The smallest absolute Gasteiger partial charge is 0.335 e. The number of hydrogen-bond acceptors (Lipinski definition) is 4. The van der Waals surface area contributed by atoms with Crippen LogP contribution in [0.15, 0.2) is 24.3 Å². The number of nitrogens with zero attached hydrogens (tertiary/aromatic N) is 1. The van der Waals surface area contributed by atoms with E-state index in [-0.39, 0.29) is 5.56 Å². The zero-order valence-electron chi connectivity index (χ0n) is 12.5. The molecule has 1 heterocycles. The summed E-state index contributed by atoms with van der Waals surface area (Å²) >= 11 is 0. The molecule has 1 aromatic rings. The van der Waals surface area contributed by atoms with Crippen molar-refractivity contribution < 1.29 is 19.4 Å². The minimum atomic E-state index is -0.938. The fourth-order valence-electron chi connectivity index (χ4n) is 2.43. The Morgan fingerprint density at radius 1 is 1.48 bits per heavy atom. The molecule has 0 saturated carbocycles. The number of likely N-dealkylation sites (N-methyl/N-ethyl adjacent to an activating group) is 1. The van der Waals surface area contributed by atoms with Crippen LogP contribution >= 0.6 is 0 Å². The number of carbonyl (C=O) groups is 1. The highest BCUT2D eigenvalue weighted by Crippen LogP contribution is 2.14. The lowest BCUT2D eigenvalue weighted by atomic mass is 10.1. The molecule has 1 aliphatic rings. The number of benzene rings is 1. The van der Waals surface area contributed by atoms with Crippen molar-refractivity contribution >= 4 is 5.97 Å². The molecule has 0 aliphatic carbocycles. The number of hydrogen-bond donors (Lipinski definition) is 1. The number of aromatic carboxylic acids is 1. The Morgan fingerprint density at radius 3 is 3.05 bits per heavy atom. The first kappa shape index (κ1) is 15.8. The van der Waals surface area contributed by atoms with E-state index in [4.69, 9.17) is 14.6 Å². The van der Waals surface area contributed by atoms with E-state index in [0.717, 1.165) is 26.1 Å². The predicted octanol–water partition coefficient (Wildman–Crippen LogP) is 2.26. The summed E-state index contributed by atoms with van der Waals surface area (Å²) < 4.78 is 11.3. The van der Waals surface area contributed by atoms with Gasteiger partial charge in [0.1, 0.15) is 12.4 Å². The highest BCUT2D eigenvalue weighted by atomic mass is 16.5. The number of ether oxygens (including phenoxy) is 2. The maximum atomic E-state index is 10.9. The molecule has 1 unspecified atom stereocenters. The molecular weight excluding hydrogens is 270 g/mol. The van der Waals surface area contributed by atoms with Crippen LogP contribution in [0.25, 0.3) is 0 Å². The van der Waals surface area contributed by atoms with E-state index < -0.39 is 5.97 Å². The molecule has 1 N–H and O–H groups in total. The SMILES string of the molecule is CN(CCOc1cccc(C(=O)O)c1)CC1CCCCO1. The van der Waals surface area contributed by atoms with Gasteiger partial charge in [-0.1, -0.05) is 6.07 Å². The summed E-state index contributed by atoms with van der Waals surface area (Å²) in [5.74, 6) is -0.343. The lowest BCUT2D eigenvalue weighted by molar-refractivity contribution is -0.00283. The molecule has 5 heteroatoms. The lowest BCUT2D eigenvalue weighted by Crippen LogP contribution is -2.35. The van der Waals surface area contributed by atoms with Gasteiger partial charge in [-0.2, -0.15) is 0 Å². The second-order valence-corrected chi connectivity index (χ2v) is 5.43. The maximum absolute atomic E-state index is 10.9. The Bertz CT molecular complexity index is 457. The third-order valence-electron chi connectivity index (χ3n) is 3.61. The van der Waals surface area contributed by atoms with Crippen molar-refractivity contribution in [2.45, 2.75) is 25.4 Å². The average Bonchev–Trinajstić information content (AvgIpc) is 2.48. The Morgan fingerprint density at radius 2 is 2.33 bits per heavy atom. The van der Waals surface area contributed by atoms with Crippen LogP contribution in [0.3, 0.4) is 0 Å². The van der Waals surface area contributed by atoms with Crippen LogP contribution in [-0.2, 0) is 4.74 Å². The summed E-state index contributed by atoms with van der Waals surface area (Å²) in [5, 5.41) is 8.93. The van der Waals surface area contributed by atoms with Crippen LogP contribution < -0.4 is 4.74 Å². The average molecular weight is 293 g/mol. The Balaban J connectivity index is 1.70. The third-order valence-corrected chi connectivity index (χ3v) is 3.61. The molecule has 1 aliphatic heterocycles. The van der Waals surface area contributed by atoms with Crippen molar-refractivity contribution in [2.75, 3.05) is 33.4 Å². The van der Waals surface area contributed by atoms with E-state index in [1.54, 1.807) is 24.3 Å². The molecule has 21 heavy (non-hydrogen) atoms. The summed E-state index contributed by atoms with van der Waals surface area (Å²) in [6.45, 7) is 3.11. The van der Waals surface area contributed by atoms with Gasteiger partial charge in [0.15, 0.2) is 0 Å². The molecule has 1 aromatic carbocycles. The number of carboxylic acid groups (broad SMARTS) is 1. The Kier molecular flexibility index (Phi) is 6.02. The largest absolute Gasteiger partial charge is 0.492 e. The zero-order valence-corrected chi connectivity index (χ0v) is 12.5. The normalized spacial score (nSPS) is 18.7. The lowest BCUT2D eigenvalue weighted by Gasteiger charge is -2.27. The summed E-state index contributed by atoms with van der Waals surface area (Å²) in [5.41, 5.74) is 0.247. The standard InChI is InChI=1S/C16H23NO4/c1-17(12-15-6-2-3-9-20-15)8-10-21-14-7-4-5-13(11-14)16(18)19/h4-5,7,11,15H,2-3,6,8-10,12H2,1H3,(H,18,19). The molecule has 0 spiro atoms. The quantitative estimate of drug-likeness (QED) is 0.835. The van der Waals surface area contributed by atoms with Gasteiger partial charge < -0.3 is 19.5 Å². The molecule has 1 atom stereocenters. The Hall–Kier alpha value is -1.59. The van der Waals surface area contributed by atoms with Crippen LogP contribution in [-0.4, -0.2) is 55.4 Å². The second-order valence-electron chi connectivity index (χ2n) is 5.43. The molecular formula is C16H23NO4. The number of carboxylic acids is 1. The molecule has 0 aromatic heterocycles. The second kappa shape index (κ2) is 8.00. The van der Waals surface area contributed by atoms with E-state index in [9.17, 15) is 4.79 Å². The van der Waals surface area contributed by atoms with Gasteiger partial charge in [-0.3, -0.25) is 0 Å². The molecule has 116 valence electrons. The minimum absolute atomic E-state index is 0.247. The fraction of sp³-hybridized carbons (Fsp3) is 0.562. The van der Waals surface area contributed by atoms with E-state index in [0.29, 0.717) is 18.5 Å². The molecule has 0 bridgehead atoms. The highest BCUT2D eigenvalue weighted by molar-refractivity contribution is 5.87. The fourth-order valence-corrected chi connectivity index (χ4v) is 2.43. The van der Waals surface area contributed by atoms with Gasteiger partial charge in [-0.05, 0) is 44.5 Å². The molecule has 2 rings (SSSR count). The highest BCUT2D eigenvalue weighted by Gasteiger charge is 2.15. The van der Waals surface area contributed by atoms with E-state index in [2.05, 4.69) is 11.9 Å². The van der Waals surface area contributed by atoms with Crippen LogP contribution in [0.4, 0.5) is 0 Å². The van der Waals surface area contributed by atoms with E-state index in [1.165, 1.54) is 12.8 Å². The van der Waals surface area contributed by atoms with Gasteiger partial charge in [0.25, 0.3) is 0 Å². The van der Waals surface area contributed by atoms with Gasteiger partial charge in [0, 0.05) is 19.7 Å². The monoisotopic (exact) mass is 293 g/mol. The van der Waals surface area contributed by atoms with Crippen LogP contribution in [0.5, 0.6) is 5.75 Å². The first-order valence-electron chi connectivity index (χ1n) is 7.41. The molecule has 0 amide bonds. The zero-order chi connectivity index (χ0) is 15.1. The summed E-state index contributed by atoms with van der Waals surface area (Å²) in [6, 6.07) is 6.57. The van der Waals surface area contributed by atoms with Crippen molar-refractivity contribution in [2.24, 2.45) is 0 Å². The van der Waals surface area contributed by atoms with Gasteiger partial charge >= 0.3 is 5.97 Å². The predicted molar refractivity (Wildman–Crippen MR) is 80.0 cm³/mol. The topological polar surface area (TPSA) is 59.0 Å². The first-order chi connectivity index (χ1) is 10.1. The van der Waals surface area contributed by atoms with Crippen LogP contribution in [0.2, 0.25) is 0 Å². The third kappa shape index (κ3) is 5.36. The van der Waals surface area contributed by atoms with Gasteiger partial charge in [0.05, 0.1) is 11.7 Å². The summed E-state index contributed by atoms with van der Waals surface area (Å²) in [6.07, 6.45) is 3.88. The van der Waals surface area contributed by atoms with E-state index >= 15 is 0 Å². The maximum Gasteiger partial charge on any atom is 0.335 e. The van der Waals surface area contributed by atoms with Crippen LogP contribution in [0, 0.1) is 0 Å². The van der Waals surface area contributed by atoms with Crippen molar-refractivity contribution in [3.8, 4) is 5.75 Å². The minimum Gasteiger partial charge on any atom is -0.492 e. The molecule has 0 radical (unpaired) electrons. The van der Waals surface area contributed by atoms with Crippen LogP contribution in [0.1, 0.15) is 29.6 Å². The summed E-state index contributed by atoms with van der Waals surface area (Å²) in [7, 11) is 2.05. The van der Waals surface area contributed by atoms with E-state index in [1.807, 2.05) is 0 Å². The molecule has 1 saturated heterocycles. The van der Waals surface area contributed by atoms with Crippen molar-refractivity contribution in [1.29, 1.82) is 0 Å². The van der Waals surface area contributed by atoms with Crippen molar-refractivity contribution in [3.05, 3.63) is 29.8 Å². The molecule has 1 fully saturated rings. The number of rotatable bonds is 7.